The molecule has 0 spiro atoms. The van der Waals surface area contributed by atoms with Crippen molar-refractivity contribution in [1.29, 1.82) is 0 Å². The molecule has 1 heterocycles. The van der Waals surface area contributed by atoms with Crippen molar-refractivity contribution in [1.82, 2.24) is 5.43 Å². The molecule has 3 aromatic rings. The van der Waals surface area contributed by atoms with Gasteiger partial charge in [-0.1, -0.05) is 23.7 Å². The van der Waals surface area contributed by atoms with Crippen molar-refractivity contribution in [3.8, 4) is 11.3 Å². The first kappa shape index (κ1) is 17.7. The Kier molecular flexibility index (Phi) is 5.55. The first-order valence-corrected chi connectivity index (χ1v) is 8.94. The fraction of sp³-hybridized carbons (Fsp3) is 0.0526. The van der Waals surface area contributed by atoms with Crippen LogP contribution in [0.2, 0.25) is 5.02 Å². The predicted octanol–water partition coefficient (Wildman–Crippen LogP) is 5.28. The summed E-state index contributed by atoms with van der Waals surface area (Å²) in [7, 11) is 0. The van der Waals surface area contributed by atoms with Crippen molar-refractivity contribution in [2.75, 3.05) is 0 Å². The minimum atomic E-state index is -0.273. The van der Waals surface area contributed by atoms with Crippen LogP contribution in [-0.2, 0) is 0 Å². The molecule has 0 unspecified atom stereocenters. The van der Waals surface area contributed by atoms with E-state index in [2.05, 4.69) is 33.1 Å². The number of hydrogen-bond acceptors (Lipinski definition) is 3. The number of aryl methyl sites for hydroxylation is 1. The zero-order valence-electron chi connectivity index (χ0n) is 13.3. The fourth-order valence-corrected chi connectivity index (χ4v) is 2.68. The Labute approximate surface area is 164 Å². The molecule has 4 nitrogen and oxygen atoms in total. The highest BCUT2D eigenvalue weighted by atomic mass is 127. The van der Waals surface area contributed by atoms with E-state index >= 15 is 0 Å². The number of carbonyl (C=O) groups excluding carboxylic acids is 1. The summed E-state index contributed by atoms with van der Waals surface area (Å²) >= 11 is 8.33. The van der Waals surface area contributed by atoms with Crippen LogP contribution in [-0.4, -0.2) is 12.1 Å². The van der Waals surface area contributed by atoms with E-state index in [0.717, 1.165) is 14.7 Å². The van der Waals surface area contributed by atoms with Crippen LogP contribution in [0.25, 0.3) is 11.3 Å². The molecule has 6 heteroatoms. The summed E-state index contributed by atoms with van der Waals surface area (Å²) in [6.45, 7) is 1.95. The Bertz CT molecular complexity index is 933. The minimum absolute atomic E-state index is 0.273. The maximum absolute atomic E-state index is 12.0. The quantitative estimate of drug-likeness (QED) is 0.325. The smallest absolute Gasteiger partial charge is 0.271 e. The number of hydrazone groups is 1. The highest BCUT2D eigenvalue weighted by Gasteiger charge is 2.06. The van der Waals surface area contributed by atoms with E-state index < -0.39 is 0 Å². The van der Waals surface area contributed by atoms with Crippen LogP contribution in [0.5, 0.6) is 0 Å². The number of halogens is 2. The highest BCUT2D eigenvalue weighted by Crippen LogP contribution is 2.26. The molecule has 0 aliphatic heterocycles. The molecular weight excluding hydrogens is 451 g/mol. The van der Waals surface area contributed by atoms with Gasteiger partial charge in [0.1, 0.15) is 11.5 Å². The number of furan rings is 1. The third kappa shape index (κ3) is 4.49. The third-order valence-corrected chi connectivity index (χ3v) is 4.67. The van der Waals surface area contributed by atoms with Gasteiger partial charge >= 0.3 is 0 Å². The summed E-state index contributed by atoms with van der Waals surface area (Å²) in [6.07, 6.45) is 1.46. The zero-order chi connectivity index (χ0) is 17.8. The molecule has 0 fully saturated rings. The average Bonchev–Trinajstić information content (AvgIpc) is 3.07. The number of hydrogen-bond donors (Lipinski definition) is 1. The molecule has 1 aromatic heterocycles. The van der Waals surface area contributed by atoms with Gasteiger partial charge in [-0.05, 0) is 77.5 Å². The average molecular weight is 465 g/mol. The summed E-state index contributed by atoms with van der Waals surface area (Å²) < 4.78 is 6.77. The summed E-state index contributed by atoms with van der Waals surface area (Å²) in [5.74, 6) is 0.951. The highest BCUT2D eigenvalue weighted by molar-refractivity contribution is 14.1. The maximum Gasteiger partial charge on any atom is 0.271 e. The summed E-state index contributed by atoms with van der Waals surface area (Å²) in [6, 6.07) is 16.6. The second kappa shape index (κ2) is 7.84. The lowest BCUT2D eigenvalue weighted by Crippen LogP contribution is -2.17. The Morgan fingerprint density at radius 3 is 2.64 bits per heavy atom. The van der Waals surface area contributed by atoms with Gasteiger partial charge in [-0.25, -0.2) is 5.43 Å². The second-order valence-electron chi connectivity index (χ2n) is 5.37. The van der Waals surface area contributed by atoms with E-state index in [4.69, 9.17) is 16.0 Å². The van der Waals surface area contributed by atoms with Crippen molar-refractivity contribution < 1.29 is 9.21 Å². The predicted molar refractivity (Wildman–Crippen MR) is 108 cm³/mol. The first-order chi connectivity index (χ1) is 12.0. The van der Waals surface area contributed by atoms with Crippen LogP contribution >= 0.6 is 34.2 Å². The molecular formula is C19H14ClIN2O2. The summed E-state index contributed by atoms with van der Waals surface area (Å²) in [4.78, 5) is 12.0. The number of nitrogens with one attached hydrogen (secondary N) is 1. The Morgan fingerprint density at radius 1 is 1.16 bits per heavy atom. The minimum Gasteiger partial charge on any atom is -0.455 e. The third-order valence-electron chi connectivity index (χ3n) is 3.55. The Hall–Kier alpha value is -2.12. The van der Waals surface area contributed by atoms with Gasteiger partial charge in [0.2, 0.25) is 0 Å². The van der Waals surface area contributed by atoms with Gasteiger partial charge in [-0.2, -0.15) is 5.10 Å². The van der Waals surface area contributed by atoms with E-state index in [0.29, 0.717) is 22.1 Å². The van der Waals surface area contributed by atoms with Crippen LogP contribution < -0.4 is 5.43 Å². The van der Waals surface area contributed by atoms with Gasteiger partial charge in [-0.3, -0.25) is 4.79 Å². The molecule has 25 heavy (non-hydrogen) atoms. The van der Waals surface area contributed by atoms with Crippen LogP contribution in [0, 0.1) is 10.5 Å². The van der Waals surface area contributed by atoms with E-state index in [1.165, 1.54) is 6.21 Å². The van der Waals surface area contributed by atoms with Gasteiger partial charge in [-0.15, -0.1) is 0 Å². The van der Waals surface area contributed by atoms with E-state index in [1.54, 1.807) is 18.2 Å². The van der Waals surface area contributed by atoms with Crippen LogP contribution in [0.4, 0.5) is 0 Å². The lowest BCUT2D eigenvalue weighted by Gasteiger charge is -2.01. The first-order valence-electron chi connectivity index (χ1n) is 7.48. The molecule has 0 aliphatic carbocycles. The largest absolute Gasteiger partial charge is 0.455 e. The molecule has 3 rings (SSSR count). The molecule has 126 valence electrons. The molecule has 0 atom stereocenters. The summed E-state index contributed by atoms with van der Waals surface area (Å²) in [5, 5.41) is 4.62. The molecule has 2 aromatic carbocycles. The van der Waals surface area contributed by atoms with Crippen molar-refractivity contribution >= 4 is 46.3 Å². The van der Waals surface area contributed by atoms with Gasteiger partial charge in [0.05, 0.1) is 6.21 Å². The van der Waals surface area contributed by atoms with Crippen LogP contribution in [0.3, 0.4) is 0 Å². The molecule has 0 bridgehead atoms. The fourth-order valence-electron chi connectivity index (χ4n) is 2.14. The molecule has 0 saturated heterocycles. The molecule has 0 saturated carbocycles. The normalized spacial score (nSPS) is 11.0. The lowest BCUT2D eigenvalue weighted by atomic mass is 10.1. The van der Waals surface area contributed by atoms with Crippen LogP contribution in [0.1, 0.15) is 21.7 Å². The van der Waals surface area contributed by atoms with Crippen molar-refractivity contribution in [3.05, 3.63) is 80.1 Å². The Balaban J connectivity index is 1.66. The lowest BCUT2D eigenvalue weighted by molar-refractivity contribution is 0.0955. The number of benzene rings is 2. The molecule has 0 radical (unpaired) electrons. The second-order valence-corrected chi connectivity index (χ2v) is 7.02. The van der Waals surface area contributed by atoms with Crippen molar-refractivity contribution in [3.63, 3.8) is 0 Å². The number of amides is 1. The van der Waals surface area contributed by atoms with E-state index in [9.17, 15) is 4.79 Å². The monoisotopic (exact) mass is 464 g/mol. The van der Waals surface area contributed by atoms with Gasteiger partial charge in [0.25, 0.3) is 5.91 Å². The standard InChI is InChI=1S/C19H14ClIN2O2/c1-12-2-3-14(10-17(12)20)18-9-8-16(25-18)11-22-23-19(24)13-4-6-15(21)7-5-13/h2-11H,1H3,(H,23,24). The number of rotatable bonds is 4. The number of nitrogens with zero attached hydrogens (tertiary/aromatic N) is 1. The molecule has 1 N–H and O–H groups in total. The van der Waals surface area contributed by atoms with Gasteiger partial charge in [0.15, 0.2) is 0 Å². The molecule has 1 amide bonds. The number of carbonyl (C=O) groups is 1. The van der Waals surface area contributed by atoms with Crippen LogP contribution in [0.15, 0.2) is 64.1 Å². The molecule has 0 aliphatic rings. The topological polar surface area (TPSA) is 54.6 Å². The SMILES string of the molecule is Cc1ccc(-c2ccc(C=NNC(=O)c3ccc(I)cc3)o2)cc1Cl. The van der Waals surface area contributed by atoms with E-state index in [1.807, 2.05) is 43.3 Å². The van der Waals surface area contributed by atoms with Crippen molar-refractivity contribution in [2.24, 2.45) is 5.10 Å². The summed E-state index contributed by atoms with van der Waals surface area (Å²) in [5.41, 5.74) is 4.93. The van der Waals surface area contributed by atoms with Crippen molar-refractivity contribution in [2.45, 2.75) is 6.92 Å². The van der Waals surface area contributed by atoms with E-state index in [-0.39, 0.29) is 5.91 Å². The zero-order valence-corrected chi connectivity index (χ0v) is 16.2. The Morgan fingerprint density at radius 2 is 1.92 bits per heavy atom. The maximum atomic E-state index is 12.0. The van der Waals surface area contributed by atoms with Gasteiger partial charge in [0, 0.05) is 19.7 Å². The van der Waals surface area contributed by atoms with Gasteiger partial charge < -0.3 is 4.42 Å².